The first-order valence-electron chi connectivity index (χ1n) is 8.84. The van der Waals surface area contributed by atoms with Gasteiger partial charge in [0.25, 0.3) is 5.91 Å². The van der Waals surface area contributed by atoms with Crippen molar-refractivity contribution < 1.29 is 10.0 Å². The van der Waals surface area contributed by atoms with Gasteiger partial charge >= 0.3 is 0 Å². The lowest BCUT2D eigenvalue weighted by molar-refractivity contribution is -0.124. The predicted octanol–water partition coefficient (Wildman–Crippen LogP) is 3.88. The van der Waals surface area contributed by atoms with Crippen LogP contribution >= 0.6 is 0 Å². The molecule has 0 aliphatic heterocycles. The van der Waals surface area contributed by atoms with E-state index in [-0.39, 0.29) is 0 Å². The molecule has 0 atom stereocenters. The Morgan fingerprint density at radius 3 is 2.93 bits per heavy atom. The van der Waals surface area contributed by atoms with E-state index in [1.165, 1.54) is 28.0 Å². The highest BCUT2D eigenvalue weighted by atomic mass is 16.5. The number of fused-ring (bicyclic) bond motifs is 1. The molecule has 1 amide bonds. The number of amides is 1. The summed E-state index contributed by atoms with van der Waals surface area (Å²) in [5, 5.41) is 9.73. The fourth-order valence-electron chi connectivity index (χ4n) is 2.79. The van der Waals surface area contributed by atoms with Crippen molar-refractivity contribution in [1.29, 1.82) is 0 Å². The minimum atomic E-state index is -0.579. The first kappa shape index (κ1) is 18.4. The molecule has 5 heteroatoms. The van der Waals surface area contributed by atoms with Crippen LogP contribution < -0.4 is 5.48 Å². The number of aromatic nitrogens is 1. The summed E-state index contributed by atoms with van der Waals surface area (Å²) in [7, 11) is 0. The zero-order chi connectivity index (χ0) is 18.9. The Hall–Kier alpha value is -3.36. The molecule has 27 heavy (non-hydrogen) atoms. The number of carbonyl (C=O) groups excluding carboxylic acids is 1. The summed E-state index contributed by atoms with van der Waals surface area (Å²) in [4.78, 5) is 18.7. The van der Waals surface area contributed by atoms with Crippen molar-refractivity contribution in [1.82, 2.24) is 10.5 Å². The molecular weight excluding hydrogens is 338 g/mol. The van der Waals surface area contributed by atoms with E-state index in [1.54, 1.807) is 6.08 Å². The van der Waals surface area contributed by atoms with Crippen molar-refractivity contribution in [3.8, 4) is 0 Å². The monoisotopic (exact) mass is 359 g/mol. The van der Waals surface area contributed by atoms with Gasteiger partial charge in [-0.25, -0.2) is 5.48 Å². The Kier molecular flexibility index (Phi) is 6.40. The predicted molar refractivity (Wildman–Crippen MR) is 107 cm³/mol. The van der Waals surface area contributed by atoms with E-state index in [2.05, 4.69) is 46.5 Å². The lowest BCUT2D eigenvalue weighted by Crippen LogP contribution is -2.14. The van der Waals surface area contributed by atoms with Gasteiger partial charge in [0, 0.05) is 34.3 Å². The Morgan fingerprint density at radius 2 is 2.11 bits per heavy atom. The van der Waals surface area contributed by atoms with Gasteiger partial charge in [0.05, 0.1) is 6.54 Å². The molecular formula is C22H21N3O2. The maximum atomic E-state index is 10.9. The summed E-state index contributed by atoms with van der Waals surface area (Å²) < 4.78 is 0. The highest BCUT2D eigenvalue weighted by Gasteiger charge is 2.01. The maximum absolute atomic E-state index is 10.9. The van der Waals surface area contributed by atoms with E-state index < -0.39 is 5.91 Å². The standard InChI is InChI=1S/C22H21N3O2/c26-22(25-27)13-12-17-8-10-18(11-9-17)15-23-14-4-3-5-19-16-24-21-7-2-1-6-20(19)21/h1-2,6-8,10,12-14,16,24,27H,3-5,15H2,(H,25,26)/b13-12+,23-14?. The molecule has 0 aliphatic rings. The van der Waals surface area contributed by atoms with Crippen LogP contribution in [0.2, 0.25) is 0 Å². The Balaban J connectivity index is 1.41. The molecule has 0 radical (unpaired) electrons. The zero-order valence-corrected chi connectivity index (χ0v) is 14.9. The number of aliphatic imine (C=N–C) groups is 1. The van der Waals surface area contributed by atoms with Gasteiger partial charge in [-0.3, -0.25) is 15.0 Å². The van der Waals surface area contributed by atoms with Crippen molar-refractivity contribution in [2.75, 3.05) is 0 Å². The molecule has 0 spiro atoms. The number of aryl methyl sites for hydroxylation is 1. The first-order chi connectivity index (χ1) is 13.3. The number of rotatable bonds is 8. The third-order valence-corrected chi connectivity index (χ3v) is 4.20. The number of hydroxylamine groups is 1. The van der Waals surface area contributed by atoms with Crippen molar-refractivity contribution in [2.24, 2.45) is 4.99 Å². The highest BCUT2D eigenvalue weighted by Crippen LogP contribution is 2.19. The number of nitrogens with one attached hydrogen (secondary N) is 2. The molecule has 3 aromatic rings. The summed E-state index contributed by atoms with van der Waals surface area (Å²) >= 11 is 0. The Labute approximate surface area is 158 Å². The number of carbonyl (C=O) groups is 1. The van der Waals surface area contributed by atoms with Gasteiger partial charge in [0.1, 0.15) is 0 Å². The fourth-order valence-corrected chi connectivity index (χ4v) is 2.79. The average molecular weight is 359 g/mol. The largest absolute Gasteiger partial charge is 0.361 e. The lowest BCUT2D eigenvalue weighted by Gasteiger charge is -1.97. The Morgan fingerprint density at radius 1 is 1.22 bits per heavy atom. The van der Waals surface area contributed by atoms with Crippen LogP contribution in [0.4, 0.5) is 0 Å². The number of hydrogen-bond acceptors (Lipinski definition) is 3. The molecule has 136 valence electrons. The van der Waals surface area contributed by atoms with Crippen molar-refractivity contribution in [3.05, 3.63) is 77.5 Å². The molecule has 2 aromatic carbocycles. The van der Waals surface area contributed by atoms with E-state index in [0.29, 0.717) is 12.1 Å². The van der Waals surface area contributed by atoms with Gasteiger partial charge in [0.15, 0.2) is 0 Å². The molecule has 1 aromatic heterocycles. The fraction of sp³-hybridized carbons (Fsp3) is 0.182. The van der Waals surface area contributed by atoms with E-state index in [0.717, 1.165) is 24.8 Å². The number of aromatic amines is 1. The van der Waals surface area contributed by atoms with Crippen molar-refractivity contribution >= 4 is 29.1 Å². The number of nitrogens with zero attached hydrogens (tertiary/aromatic N) is 1. The third kappa shape index (κ3) is 5.30. The molecule has 0 aliphatic carbocycles. The van der Waals surface area contributed by atoms with Gasteiger partial charge in [-0.2, -0.15) is 0 Å². The summed E-state index contributed by atoms with van der Waals surface area (Å²) in [6.07, 6.45) is 9.84. The third-order valence-electron chi connectivity index (χ3n) is 4.20. The van der Waals surface area contributed by atoms with Crippen LogP contribution in [0, 0.1) is 12.1 Å². The molecule has 5 nitrogen and oxygen atoms in total. The summed E-state index contributed by atoms with van der Waals surface area (Å²) in [5.74, 6) is -0.579. The molecule has 0 fully saturated rings. The van der Waals surface area contributed by atoms with Crippen LogP contribution in [-0.2, 0) is 17.8 Å². The van der Waals surface area contributed by atoms with Crippen LogP contribution in [-0.4, -0.2) is 22.3 Å². The average Bonchev–Trinajstić information content (AvgIpc) is 3.12. The van der Waals surface area contributed by atoms with E-state index >= 15 is 0 Å². The van der Waals surface area contributed by atoms with E-state index in [1.807, 2.05) is 24.4 Å². The number of benzene rings is 1. The summed E-state index contributed by atoms with van der Waals surface area (Å²) in [6.45, 7) is 0.560. The maximum Gasteiger partial charge on any atom is 0.267 e. The van der Waals surface area contributed by atoms with Crippen LogP contribution in [0.3, 0.4) is 0 Å². The van der Waals surface area contributed by atoms with Gasteiger partial charge in [-0.15, -0.1) is 0 Å². The quantitative estimate of drug-likeness (QED) is 0.188. The minimum Gasteiger partial charge on any atom is -0.361 e. The van der Waals surface area contributed by atoms with Crippen molar-refractivity contribution in [2.45, 2.75) is 25.8 Å². The van der Waals surface area contributed by atoms with Gasteiger partial charge in [0.2, 0.25) is 0 Å². The van der Waals surface area contributed by atoms with Gasteiger partial charge < -0.3 is 4.98 Å². The minimum absolute atomic E-state index is 0.560. The molecule has 3 N–H and O–H groups in total. The molecule has 0 saturated carbocycles. The second-order valence-corrected chi connectivity index (χ2v) is 6.15. The molecule has 0 bridgehead atoms. The second-order valence-electron chi connectivity index (χ2n) is 6.15. The topological polar surface area (TPSA) is 77.5 Å². The summed E-state index contributed by atoms with van der Waals surface area (Å²) in [5.41, 5.74) is 5.72. The molecule has 1 heterocycles. The normalized spacial score (nSPS) is 11.3. The highest BCUT2D eigenvalue weighted by molar-refractivity contribution is 5.90. The van der Waals surface area contributed by atoms with Crippen LogP contribution in [0.25, 0.3) is 17.0 Å². The molecule has 3 rings (SSSR count). The van der Waals surface area contributed by atoms with E-state index in [9.17, 15) is 4.79 Å². The SMILES string of the molecule is O=C(/C=C/c1c#cc(CN=CCCCc2c[nH]c3ccccc23)cc1)NO. The van der Waals surface area contributed by atoms with E-state index in [4.69, 9.17) is 5.21 Å². The molecule has 0 unspecified atom stereocenters. The number of para-hydroxylation sites is 1. The van der Waals surface area contributed by atoms with Crippen LogP contribution in [0.5, 0.6) is 0 Å². The van der Waals surface area contributed by atoms with Gasteiger partial charge in [-0.1, -0.05) is 30.3 Å². The van der Waals surface area contributed by atoms with Crippen LogP contribution in [0.15, 0.2) is 53.7 Å². The number of unbranched alkanes of at least 4 members (excludes halogenated alkanes) is 1. The summed E-state index contributed by atoms with van der Waals surface area (Å²) in [6, 6.07) is 18.1. The van der Waals surface area contributed by atoms with Crippen molar-refractivity contribution in [3.63, 3.8) is 0 Å². The number of H-pyrrole nitrogens is 1. The smallest absolute Gasteiger partial charge is 0.267 e. The molecule has 0 saturated heterocycles. The van der Waals surface area contributed by atoms with Gasteiger partial charge in [-0.05, 0) is 55.3 Å². The lowest BCUT2D eigenvalue weighted by atomic mass is 10.1. The second kappa shape index (κ2) is 9.37. The number of hydrogen-bond donors (Lipinski definition) is 3. The zero-order valence-electron chi connectivity index (χ0n) is 14.9. The van der Waals surface area contributed by atoms with Crippen LogP contribution in [0.1, 0.15) is 29.5 Å². The first-order valence-corrected chi connectivity index (χ1v) is 8.84. The Bertz CT molecular complexity index is 940.